The number of hydrogen-bond acceptors (Lipinski definition) is 2. The van der Waals surface area contributed by atoms with Gasteiger partial charge in [-0.1, -0.05) is 41.8 Å². The van der Waals surface area contributed by atoms with Crippen LogP contribution in [0.5, 0.6) is 0 Å². The van der Waals surface area contributed by atoms with E-state index in [0.717, 1.165) is 30.6 Å². The van der Waals surface area contributed by atoms with Crippen molar-refractivity contribution in [2.45, 2.75) is 12.5 Å². The first-order valence-electron chi connectivity index (χ1n) is 7.64. The van der Waals surface area contributed by atoms with Crippen LogP contribution in [0.4, 0.5) is 0 Å². The number of hydrogen-bond donors (Lipinski definition) is 0. The number of benzene rings is 1. The van der Waals surface area contributed by atoms with E-state index in [1.165, 1.54) is 0 Å². The van der Waals surface area contributed by atoms with Crippen molar-refractivity contribution in [1.82, 2.24) is 9.88 Å². The van der Waals surface area contributed by atoms with Crippen molar-refractivity contribution in [3.8, 4) is 11.8 Å². The Balaban J connectivity index is 1.75. The van der Waals surface area contributed by atoms with Crippen molar-refractivity contribution >= 4 is 18.0 Å². The molecule has 0 spiro atoms. The number of carbonyl (C=O) groups excluding carboxylic acids is 1. The third-order valence-corrected chi connectivity index (χ3v) is 5.17. The Labute approximate surface area is 140 Å². The summed E-state index contributed by atoms with van der Waals surface area (Å²) in [7, 11) is 0. The van der Waals surface area contributed by atoms with Gasteiger partial charge in [0.25, 0.3) is 0 Å². The van der Waals surface area contributed by atoms with Crippen LogP contribution in [0.2, 0.25) is 5.02 Å². The summed E-state index contributed by atoms with van der Waals surface area (Å²) in [6, 6.07) is 13.4. The minimum Gasteiger partial charge on any atom is -0.336 e. The second-order valence-corrected chi connectivity index (χ2v) is 6.54. The summed E-state index contributed by atoms with van der Waals surface area (Å²) in [4.78, 5) is 17.6. The largest absolute Gasteiger partial charge is 0.336 e. The van der Waals surface area contributed by atoms with E-state index in [9.17, 15) is 4.79 Å². The zero-order chi connectivity index (χ0) is 15.9. The van der Waals surface area contributed by atoms with Crippen molar-refractivity contribution in [2.75, 3.05) is 6.54 Å². The van der Waals surface area contributed by atoms with Gasteiger partial charge in [-0.2, -0.15) is 0 Å². The first-order valence-corrected chi connectivity index (χ1v) is 8.02. The number of amides is 1. The number of carbonyl (C=O) groups is 1. The fourth-order valence-electron chi connectivity index (χ4n) is 3.66. The van der Waals surface area contributed by atoms with E-state index in [-0.39, 0.29) is 11.5 Å². The summed E-state index contributed by atoms with van der Waals surface area (Å²) in [5.74, 6) is 7.02. The summed E-state index contributed by atoms with van der Waals surface area (Å²) in [5.41, 5.74) is 1.55. The van der Waals surface area contributed by atoms with Crippen molar-refractivity contribution in [3.05, 3.63) is 64.9 Å². The van der Waals surface area contributed by atoms with Gasteiger partial charge in [0.05, 0.1) is 11.5 Å². The summed E-state index contributed by atoms with van der Waals surface area (Å²) in [6.07, 6.45) is 3.67. The molecular formula is C19H15ClN2O. The predicted octanol–water partition coefficient (Wildman–Crippen LogP) is 3.31. The molecule has 1 saturated heterocycles. The quantitative estimate of drug-likeness (QED) is 0.628. The number of nitrogens with zero attached hydrogens (tertiary/aromatic N) is 2. The molecule has 3 unspecified atom stereocenters. The molecule has 4 rings (SSSR count). The first kappa shape index (κ1) is 14.3. The SMILES string of the molecule is O=CN1CC2CC2(C#Cc2ccccn2)C1c1ccccc1Cl. The molecule has 0 N–H and O–H groups in total. The zero-order valence-corrected chi connectivity index (χ0v) is 13.2. The van der Waals surface area contributed by atoms with E-state index < -0.39 is 0 Å². The molecule has 0 radical (unpaired) electrons. The normalized spacial score (nSPS) is 27.8. The van der Waals surface area contributed by atoms with Crippen LogP contribution in [0.25, 0.3) is 0 Å². The van der Waals surface area contributed by atoms with Gasteiger partial charge in [-0.25, -0.2) is 4.98 Å². The molecule has 1 aliphatic carbocycles. The summed E-state index contributed by atoms with van der Waals surface area (Å²) in [5, 5.41) is 0.691. The number of halogens is 1. The van der Waals surface area contributed by atoms with E-state index in [4.69, 9.17) is 11.6 Å². The van der Waals surface area contributed by atoms with Gasteiger partial charge < -0.3 is 4.90 Å². The summed E-state index contributed by atoms with van der Waals surface area (Å²) in [6.45, 7) is 0.746. The zero-order valence-electron chi connectivity index (χ0n) is 12.4. The highest BCUT2D eigenvalue weighted by Crippen LogP contribution is 2.67. The maximum Gasteiger partial charge on any atom is 0.210 e. The Kier molecular flexibility index (Phi) is 3.36. The van der Waals surface area contributed by atoms with Crippen molar-refractivity contribution in [2.24, 2.45) is 11.3 Å². The monoisotopic (exact) mass is 322 g/mol. The molecular weight excluding hydrogens is 308 g/mol. The number of likely N-dealkylation sites (tertiary alicyclic amines) is 1. The topological polar surface area (TPSA) is 33.2 Å². The van der Waals surface area contributed by atoms with Crippen LogP contribution in [-0.4, -0.2) is 22.8 Å². The Morgan fingerprint density at radius 2 is 2.09 bits per heavy atom. The van der Waals surface area contributed by atoms with Crippen molar-refractivity contribution in [1.29, 1.82) is 0 Å². The molecule has 23 heavy (non-hydrogen) atoms. The lowest BCUT2D eigenvalue weighted by atomic mass is 9.90. The molecule has 0 bridgehead atoms. The Morgan fingerprint density at radius 3 is 2.83 bits per heavy atom. The molecule has 2 heterocycles. The molecule has 1 amide bonds. The molecule has 3 atom stereocenters. The van der Waals surface area contributed by atoms with Gasteiger partial charge in [0.1, 0.15) is 5.69 Å². The van der Waals surface area contributed by atoms with Crippen LogP contribution in [0.1, 0.15) is 23.7 Å². The average Bonchev–Trinajstić information content (AvgIpc) is 3.20. The van der Waals surface area contributed by atoms with Gasteiger partial charge >= 0.3 is 0 Å². The van der Waals surface area contributed by atoms with Crippen LogP contribution in [0, 0.1) is 23.2 Å². The average molecular weight is 323 g/mol. The molecule has 1 saturated carbocycles. The maximum atomic E-state index is 11.5. The minimum atomic E-state index is -0.191. The van der Waals surface area contributed by atoms with Crippen molar-refractivity contribution in [3.63, 3.8) is 0 Å². The molecule has 114 valence electrons. The number of fused-ring (bicyclic) bond motifs is 1. The van der Waals surface area contributed by atoms with Crippen LogP contribution in [-0.2, 0) is 4.79 Å². The molecule has 4 heteroatoms. The summed E-state index contributed by atoms with van der Waals surface area (Å²) >= 11 is 6.39. The molecule has 2 aliphatic rings. The van der Waals surface area contributed by atoms with Crippen LogP contribution in [0.15, 0.2) is 48.7 Å². The molecule has 1 aromatic carbocycles. The Morgan fingerprint density at radius 1 is 1.26 bits per heavy atom. The Hall–Kier alpha value is -2.31. The number of pyridine rings is 1. The second-order valence-electron chi connectivity index (χ2n) is 6.13. The lowest BCUT2D eigenvalue weighted by molar-refractivity contribution is -0.119. The van der Waals surface area contributed by atoms with Gasteiger partial charge in [-0.3, -0.25) is 4.79 Å². The van der Waals surface area contributed by atoms with E-state index in [1.807, 2.05) is 47.4 Å². The lowest BCUT2D eigenvalue weighted by Gasteiger charge is -2.28. The third-order valence-electron chi connectivity index (χ3n) is 4.83. The molecule has 2 aromatic rings. The van der Waals surface area contributed by atoms with Gasteiger partial charge in [-0.15, -0.1) is 0 Å². The predicted molar refractivity (Wildman–Crippen MR) is 88.6 cm³/mol. The lowest BCUT2D eigenvalue weighted by Crippen LogP contribution is -2.28. The number of aromatic nitrogens is 1. The van der Waals surface area contributed by atoms with E-state index in [0.29, 0.717) is 10.9 Å². The van der Waals surface area contributed by atoms with Crippen LogP contribution >= 0.6 is 11.6 Å². The standard InChI is InChI=1S/C19H15ClN2O/c20-17-7-2-1-6-16(17)18-19(11-14(19)12-22(18)13-23)9-8-15-5-3-4-10-21-15/h1-7,10,13-14,18H,11-12H2. The van der Waals surface area contributed by atoms with Crippen LogP contribution < -0.4 is 0 Å². The highest BCUT2D eigenvalue weighted by molar-refractivity contribution is 6.31. The molecule has 3 nitrogen and oxygen atoms in total. The fourth-order valence-corrected chi connectivity index (χ4v) is 3.90. The van der Waals surface area contributed by atoms with Crippen LogP contribution in [0.3, 0.4) is 0 Å². The van der Waals surface area contributed by atoms with E-state index >= 15 is 0 Å². The molecule has 1 aromatic heterocycles. The van der Waals surface area contributed by atoms with Crippen molar-refractivity contribution < 1.29 is 4.79 Å². The van der Waals surface area contributed by atoms with E-state index in [2.05, 4.69) is 16.8 Å². The summed E-state index contributed by atoms with van der Waals surface area (Å²) < 4.78 is 0. The van der Waals surface area contributed by atoms with Gasteiger partial charge in [0, 0.05) is 17.8 Å². The highest BCUT2D eigenvalue weighted by atomic mass is 35.5. The van der Waals surface area contributed by atoms with Gasteiger partial charge in [0.15, 0.2) is 0 Å². The molecule has 2 fully saturated rings. The van der Waals surface area contributed by atoms with Gasteiger partial charge in [0.2, 0.25) is 6.41 Å². The van der Waals surface area contributed by atoms with E-state index in [1.54, 1.807) is 6.20 Å². The maximum absolute atomic E-state index is 11.5. The number of piperidine rings is 1. The Bertz CT molecular complexity index is 811. The number of rotatable bonds is 2. The minimum absolute atomic E-state index is 0.0742. The smallest absolute Gasteiger partial charge is 0.210 e. The molecule has 1 aliphatic heterocycles. The highest BCUT2D eigenvalue weighted by Gasteiger charge is 2.66. The van der Waals surface area contributed by atoms with Gasteiger partial charge in [-0.05, 0) is 42.0 Å². The first-order chi connectivity index (χ1) is 11.2. The third kappa shape index (κ3) is 2.31. The second kappa shape index (κ2) is 5.40. The fraction of sp³-hybridized carbons (Fsp3) is 0.263.